The van der Waals surface area contributed by atoms with E-state index in [1.165, 1.54) is 0 Å². The average Bonchev–Trinajstić information content (AvgIpc) is 2.92. The molecule has 0 aliphatic carbocycles. The lowest BCUT2D eigenvalue weighted by Crippen LogP contribution is -2.42. The van der Waals surface area contributed by atoms with Crippen LogP contribution in [0.15, 0.2) is 22.7 Å². The summed E-state index contributed by atoms with van der Waals surface area (Å²) in [6.07, 6.45) is 2.05. The lowest BCUT2D eigenvalue weighted by Gasteiger charge is -2.29. The van der Waals surface area contributed by atoms with E-state index in [9.17, 15) is 4.79 Å². The fourth-order valence-electron chi connectivity index (χ4n) is 2.59. The second-order valence-corrected chi connectivity index (χ2v) is 5.91. The Balaban J connectivity index is 0.00000200. The molecule has 1 aliphatic rings. The number of carbonyl (C=O) groups is 1. The molecule has 1 unspecified atom stereocenters. The summed E-state index contributed by atoms with van der Waals surface area (Å²) in [5.41, 5.74) is 1.84. The van der Waals surface area contributed by atoms with Crippen LogP contribution >= 0.6 is 28.3 Å². The van der Waals surface area contributed by atoms with Crippen molar-refractivity contribution < 1.29 is 4.79 Å². The molecule has 1 saturated heterocycles. The highest BCUT2D eigenvalue weighted by Gasteiger charge is 2.27. The van der Waals surface area contributed by atoms with Gasteiger partial charge in [0.25, 0.3) is 5.91 Å². The third kappa shape index (κ3) is 3.74. The molecular formula is C15H22BrClN2O. The van der Waals surface area contributed by atoms with E-state index in [-0.39, 0.29) is 18.3 Å². The van der Waals surface area contributed by atoms with Crippen LogP contribution in [0.25, 0.3) is 0 Å². The van der Waals surface area contributed by atoms with Crippen LogP contribution in [0.4, 0.5) is 0 Å². The first-order chi connectivity index (χ1) is 9.15. The molecule has 1 N–H and O–H groups in total. The van der Waals surface area contributed by atoms with Gasteiger partial charge in [-0.1, -0.05) is 28.9 Å². The molecule has 0 bridgehead atoms. The highest BCUT2D eigenvalue weighted by molar-refractivity contribution is 9.10. The minimum atomic E-state index is 0. The number of hydrogen-bond acceptors (Lipinski definition) is 2. The monoisotopic (exact) mass is 360 g/mol. The second kappa shape index (κ2) is 8.01. The number of halogens is 2. The standard InChI is InChI=1S/C15H21BrN2O.ClH/c1-3-9-18(12-7-8-17-10-12)15(19)13-5-4-6-14(16)11(13)2;/h4-6,12,17H,3,7-10H2,1-2H3;1H. The summed E-state index contributed by atoms with van der Waals surface area (Å²) in [4.78, 5) is 14.8. The predicted molar refractivity (Wildman–Crippen MR) is 88.7 cm³/mol. The molecule has 0 aromatic heterocycles. The molecule has 1 aromatic rings. The fraction of sp³-hybridized carbons (Fsp3) is 0.533. The predicted octanol–water partition coefficient (Wildman–Crippen LogP) is 3.39. The quantitative estimate of drug-likeness (QED) is 0.891. The number of amides is 1. The third-order valence-corrected chi connectivity index (χ3v) is 4.56. The zero-order chi connectivity index (χ0) is 13.8. The molecule has 1 aliphatic heterocycles. The number of nitrogens with one attached hydrogen (secondary N) is 1. The highest BCUT2D eigenvalue weighted by atomic mass is 79.9. The Kier molecular flexibility index (Phi) is 7.00. The largest absolute Gasteiger partial charge is 0.334 e. The van der Waals surface area contributed by atoms with Crippen molar-refractivity contribution in [3.05, 3.63) is 33.8 Å². The smallest absolute Gasteiger partial charge is 0.254 e. The molecule has 20 heavy (non-hydrogen) atoms. The Labute approximate surface area is 135 Å². The molecule has 0 radical (unpaired) electrons. The highest BCUT2D eigenvalue weighted by Crippen LogP contribution is 2.22. The molecule has 0 saturated carbocycles. The maximum Gasteiger partial charge on any atom is 0.254 e. The van der Waals surface area contributed by atoms with Crippen molar-refractivity contribution in [2.24, 2.45) is 0 Å². The van der Waals surface area contributed by atoms with Gasteiger partial charge < -0.3 is 10.2 Å². The van der Waals surface area contributed by atoms with Gasteiger partial charge in [-0.2, -0.15) is 0 Å². The van der Waals surface area contributed by atoms with Crippen molar-refractivity contribution in [1.82, 2.24) is 10.2 Å². The van der Waals surface area contributed by atoms with Crippen LogP contribution in [0.1, 0.15) is 35.7 Å². The van der Waals surface area contributed by atoms with E-state index in [0.29, 0.717) is 6.04 Å². The van der Waals surface area contributed by atoms with E-state index < -0.39 is 0 Å². The molecule has 1 fully saturated rings. The zero-order valence-corrected chi connectivity index (χ0v) is 14.4. The first-order valence-electron chi connectivity index (χ1n) is 6.92. The summed E-state index contributed by atoms with van der Waals surface area (Å²) in [6, 6.07) is 6.17. The topological polar surface area (TPSA) is 32.3 Å². The first-order valence-corrected chi connectivity index (χ1v) is 7.71. The van der Waals surface area contributed by atoms with Gasteiger partial charge in [-0.3, -0.25) is 4.79 Å². The van der Waals surface area contributed by atoms with E-state index >= 15 is 0 Å². The third-order valence-electron chi connectivity index (χ3n) is 3.70. The van der Waals surface area contributed by atoms with Crippen LogP contribution in [0.5, 0.6) is 0 Å². The molecule has 1 amide bonds. The van der Waals surface area contributed by atoms with E-state index in [0.717, 1.165) is 48.1 Å². The average molecular weight is 362 g/mol. The normalized spacial score (nSPS) is 17.6. The van der Waals surface area contributed by atoms with Crippen molar-refractivity contribution >= 4 is 34.2 Å². The maximum absolute atomic E-state index is 12.8. The molecule has 2 rings (SSSR count). The van der Waals surface area contributed by atoms with E-state index in [1.807, 2.05) is 30.0 Å². The lowest BCUT2D eigenvalue weighted by atomic mass is 10.1. The fourth-order valence-corrected chi connectivity index (χ4v) is 2.96. The zero-order valence-electron chi connectivity index (χ0n) is 12.0. The summed E-state index contributed by atoms with van der Waals surface area (Å²) >= 11 is 3.50. The van der Waals surface area contributed by atoms with Gasteiger partial charge in [-0.05, 0) is 44.0 Å². The Bertz CT molecular complexity index is 461. The second-order valence-electron chi connectivity index (χ2n) is 5.06. The molecule has 1 atom stereocenters. The summed E-state index contributed by atoms with van der Waals surface area (Å²) in [5, 5.41) is 3.34. The van der Waals surface area contributed by atoms with Crippen LogP contribution in [0, 0.1) is 6.92 Å². The van der Waals surface area contributed by atoms with Gasteiger partial charge in [0.15, 0.2) is 0 Å². The van der Waals surface area contributed by atoms with Crippen molar-refractivity contribution in [3.8, 4) is 0 Å². The summed E-state index contributed by atoms with van der Waals surface area (Å²) in [5.74, 6) is 0.161. The van der Waals surface area contributed by atoms with Crippen molar-refractivity contribution in [2.45, 2.75) is 32.7 Å². The summed E-state index contributed by atoms with van der Waals surface area (Å²) in [6.45, 7) is 6.87. The number of carbonyl (C=O) groups excluding carboxylic acids is 1. The minimum absolute atomic E-state index is 0. The van der Waals surface area contributed by atoms with Crippen molar-refractivity contribution in [3.63, 3.8) is 0 Å². The van der Waals surface area contributed by atoms with Gasteiger partial charge in [0.05, 0.1) is 0 Å². The Morgan fingerprint density at radius 1 is 1.50 bits per heavy atom. The van der Waals surface area contributed by atoms with Gasteiger partial charge >= 0.3 is 0 Å². The number of rotatable bonds is 4. The van der Waals surface area contributed by atoms with Gasteiger partial charge in [-0.15, -0.1) is 12.4 Å². The summed E-state index contributed by atoms with van der Waals surface area (Å²) < 4.78 is 0.999. The van der Waals surface area contributed by atoms with Crippen molar-refractivity contribution in [2.75, 3.05) is 19.6 Å². The molecule has 1 heterocycles. The first kappa shape index (κ1) is 17.5. The van der Waals surface area contributed by atoms with Crippen LogP contribution in [0.3, 0.4) is 0 Å². The van der Waals surface area contributed by atoms with E-state index in [1.54, 1.807) is 0 Å². The minimum Gasteiger partial charge on any atom is -0.334 e. The molecule has 112 valence electrons. The number of benzene rings is 1. The van der Waals surface area contributed by atoms with Crippen LogP contribution in [0.2, 0.25) is 0 Å². The van der Waals surface area contributed by atoms with Gasteiger partial charge in [0.1, 0.15) is 0 Å². The number of hydrogen-bond donors (Lipinski definition) is 1. The lowest BCUT2D eigenvalue weighted by molar-refractivity contribution is 0.0691. The molecule has 1 aromatic carbocycles. The molecular weight excluding hydrogens is 340 g/mol. The molecule has 3 nitrogen and oxygen atoms in total. The SMILES string of the molecule is CCCN(C(=O)c1cccc(Br)c1C)C1CCNC1.Cl. The maximum atomic E-state index is 12.8. The van der Waals surface area contributed by atoms with Gasteiger partial charge in [-0.25, -0.2) is 0 Å². The van der Waals surface area contributed by atoms with Crippen LogP contribution < -0.4 is 5.32 Å². The summed E-state index contributed by atoms with van der Waals surface area (Å²) in [7, 11) is 0. The van der Waals surface area contributed by atoms with E-state index in [4.69, 9.17) is 0 Å². The number of nitrogens with zero attached hydrogens (tertiary/aromatic N) is 1. The Morgan fingerprint density at radius 3 is 2.85 bits per heavy atom. The molecule has 5 heteroatoms. The van der Waals surface area contributed by atoms with Crippen LogP contribution in [-0.4, -0.2) is 36.5 Å². The van der Waals surface area contributed by atoms with E-state index in [2.05, 4.69) is 28.2 Å². The Morgan fingerprint density at radius 2 is 2.25 bits per heavy atom. The molecule has 0 spiro atoms. The van der Waals surface area contributed by atoms with Gasteiger partial charge in [0, 0.05) is 29.2 Å². The van der Waals surface area contributed by atoms with Crippen molar-refractivity contribution in [1.29, 1.82) is 0 Å². The van der Waals surface area contributed by atoms with Crippen LogP contribution in [-0.2, 0) is 0 Å². The van der Waals surface area contributed by atoms with Gasteiger partial charge in [0.2, 0.25) is 0 Å². The Hall–Kier alpha value is -0.580.